The van der Waals surface area contributed by atoms with Crippen LogP contribution in [0.4, 0.5) is 24.9 Å². The van der Waals surface area contributed by atoms with Crippen LogP contribution in [-0.4, -0.2) is 110 Å². The number of carboxylic acid groups (broad SMARTS) is 1. The maximum Gasteiger partial charge on any atom is 0.490 e. The number of carboxylic acids is 1. The number of rotatable bonds is 10. The number of benzene rings is 2. The monoisotopic (exact) mass is 674 g/mol. The van der Waals surface area contributed by atoms with E-state index in [1.165, 1.54) is 17.5 Å². The number of carbonyl (C=O) groups is 1. The number of aliphatic hydroxyl groups excluding tert-OH is 3. The molecule has 0 radical (unpaired) electrons. The van der Waals surface area contributed by atoms with Crippen LogP contribution in [0, 0.1) is 0 Å². The number of nitrogens with one attached hydrogen (secondary N) is 1. The van der Waals surface area contributed by atoms with Gasteiger partial charge in [0, 0.05) is 26.1 Å². The molecule has 0 aliphatic carbocycles. The summed E-state index contributed by atoms with van der Waals surface area (Å²) < 4.78 is 44.7. The molecule has 48 heavy (non-hydrogen) atoms. The topological polar surface area (TPSA) is 175 Å². The number of imidazole rings is 1. The molecular weight excluding hydrogens is 637 g/mol. The van der Waals surface area contributed by atoms with Crippen molar-refractivity contribution in [1.82, 2.24) is 19.5 Å². The van der Waals surface area contributed by atoms with Crippen molar-refractivity contribution in [3.8, 4) is 0 Å². The first-order valence-electron chi connectivity index (χ1n) is 15.3. The van der Waals surface area contributed by atoms with Gasteiger partial charge in [-0.1, -0.05) is 60.7 Å². The van der Waals surface area contributed by atoms with Gasteiger partial charge in [0.1, 0.15) is 18.3 Å². The zero-order valence-electron chi connectivity index (χ0n) is 25.9. The standard InChI is InChI=1S/C30H36N6O5.C2HF3O2/c1-40-17-21-13-8-14-35(21)30-33-27(31-15-22(19-9-4-2-5-10-19)20-11-6-3-7-12-20)24-28(34-30)36(18-32-24)29-26(39)25(38)23(16-37)41-29;3-2(4,5)1(6)7/h2-7,9-12,18,21-23,25-26,29,37-39H,8,13-17H2,1H3,(H,31,33,34);(H,6,7)/t21-,23-,25-,26-,29-;/m1./s1. The van der Waals surface area contributed by atoms with Gasteiger partial charge in [0.2, 0.25) is 5.95 Å². The van der Waals surface area contributed by atoms with Crippen molar-refractivity contribution in [3.05, 3.63) is 78.1 Å². The maximum absolute atomic E-state index is 10.8. The number of aliphatic carboxylic acids is 1. The van der Waals surface area contributed by atoms with Crippen molar-refractivity contribution in [3.63, 3.8) is 0 Å². The second kappa shape index (κ2) is 15.3. The van der Waals surface area contributed by atoms with Crippen molar-refractivity contribution < 1.29 is 47.9 Å². The minimum Gasteiger partial charge on any atom is -0.475 e. The predicted molar refractivity (Wildman–Crippen MR) is 167 cm³/mol. The van der Waals surface area contributed by atoms with E-state index in [0.717, 1.165) is 19.4 Å². The molecular formula is C32H37F3N6O7. The summed E-state index contributed by atoms with van der Waals surface area (Å²) in [5.41, 5.74) is 3.34. The number of ether oxygens (including phenoxy) is 2. The number of halogens is 3. The molecule has 2 aromatic heterocycles. The van der Waals surface area contributed by atoms with Gasteiger partial charge < -0.3 is 40.1 Å². The van der Waals surface area contributed by atoms with Crippen LogP contribution in [0.5, 0.6) is 0 Å². The largest absolute Gasteiger partial charge is 0.490 e. The van der Waals surface area contributed by atoms with E-state index in [1.54, 1.807) is 11.7 Å². The summed E-state index contributed by atoms with van der Waals surface area (Å²) in [6.07, 6.45) is -5.94. The van der Waals surface area contributed by atoms with Gasteiger partial charge in [-0.15, -0.1) is 0 Å². The Labute approximate surface area is 273 Å². The second-order valence-electron chi connectivity index (χ2n) is 11.4. The summed E-state index contributed by atoms with van der Waals surface area (Å²) in [5, 5.41) is 41.5. The summed E-state index contributed by atoms with van der Waals surface area (Å²) in [5.74, 6) is -1.60. The Hall–Kier alpha value is -4.35. The van der Waals surface area contributed by atoms with Crippen LogP contribution in [0.25, 0.3) is 11.2 Å². The molecule has 2 aliphatic rings. The Bertz CT molecular complexity index is 1610. The Morgan fingerprint density at radius 2 is 1.69 bits per heavy atom. The Balaban J connectivity index is 0.000000582. The molecule has 2 aliphatic heterocycles. The number of aliphatic hydroxyl groups is 3. The van der Waals surface area contributed by atoms with Gasteiger partial charge in [0.25, 0.3) is 0 Å². The minimum atomic E-state index is -5.08. The van der Waals surface area contributed by atoms with Gasteiger partial charge >= 0.3 is 12.1 Å². The van der Waals surface area contributed by atoms with Gasteiger partial charge in [-0.05, 0) is 24.0 Å². The van der Waals surface area contributed by atoms with E-state index in [2.05, 4.69) is 39.5 Å². The number of hydrogen-bond acceptors (Lipinski definition) is 11. The lowest BCUT2D eigenvalue weighted by molar-refractivity contribution is -0.192. The fourth-order valence-corrected chi connectivity index (χ4v) is 5.92. The first-order valence-corrected chi connectivity index (χ1v) is 15.3. The highest BCUT2D eigenvalue weighted by Gasteiger charge is 2.44. The SMILES string of the molecule is COC[C@H]1CCCN1c1nc(NCC(c2ccccc2)c2ccccc2)c2ncn([C@@H]3O[C@H](CO)[C@@H](O)[C@H]3O)c2n1.O=C(O)C(F)(F)F. The van der Waals surface area contributed by atoms with E-state index in [1.807, 2.05) is 36.4 Å². The van der Waals surface area contributed by atoms with Gasteiger partial charge in [0.05, 0.1) is 25.6 Å². The lowest BCUT2D eigenvalue weighted by atomic mass is 9.91. The van der Waals surface area contributed by atoms with E-state index in [-0.39, 0.29) is 12.0 Å². The molecule has 5 N–H and O–H groups in total. The van der Waals surface area contributed by atoms with E-state index in [4.69, 9.17) is 29.3 Å². The van der Waals surface area contributed by atoms with Crippen molar-refractivity contribution in [2.45, 2.75) is 55.5 Å². The molecule has 258 valence electrons. The molecule has 0 spiro atoms. The molecule has 6 rings (SSSR count). The van der Waals surface area contributed by atoms with Crippen molar-refractivity contribution >= 4 is 28.9 Å². The molecule has 0 amide bonds. The minimum absolute atomic E-state index is 0.0569. The zero-order valence-corrected chi connectivity index (χ0v) is 25.9. The molecule has 2 saturated heterocycles. The van der Waals surface area contributed by atoms with Gasteiger partial charge in [-0.3, -0.25) is 4.57 Å². The third-order valence-electron chi connectivity index (χ3n) is 8.31. The highest BCUT2D eigenvalue weighted by molar-refractivity contribution is 5.84. The average molecular weight is 675 g/mol. The maximum atomic E-state index is 10.8. The number of methoxy groups -OCH3 is 1. The van der Waals surface area contributed by atoms with Gasteiger partial charge in [-0.25, -0.2) is 9.78 Å². The zero-order chi connectivity index (χ0) is 34.4. The summed E-state index contributed by atoms with van der Waals surface area (Å²) in [6.45, 7) is 1.49. The number of hydrogen-bond donors (Lipinski definition) is 5. The summed E-state index contributed by atoms with van der Waals surface area (Å²) in [4.78, 5) is 25.5. The number of anilines is 2. The Morgan fingerprint density at radius 1 is 1.06 bits per heavy atom. The Morgan fingerprint density at radius 3 is 2.23 bits per heavy atom. The fourth-order valence-electron chi connectivity index (χ4n) is 5.92. The van der Waals surface area contributed by atoms with E-state index in [9.17, 15) is 28.5 Å². The van der Waals surface area contributed by atoms with Crippen LogP contribution in [-0.2, 0) is 14.3 Å². The molecule has 5 atom stereocenters. The highest BCUT2D eigenvalue weighted by atomic mass is 19.4. The van der Waals surface area contributed by atoms with E-state index in [0.29, 0.717) is 36.1 Å². The lowest BCUT2D eigenvalue weighted by Gasteiger charge is -2.25. The number of nitrogens with zero attached hydrogens (tertiary/aromatic N) is 5. The molecule has 2 aromatic carbocycles. The Kier molecular flexibility index (Phi) is 11.1. The number of aromatic nitrogens is 4. The van der Waals surface area contributed by atoms with Gasteiger partial charge in [0.15, 0.2) is 23.2 Å². The molecule has 13 nitrogen and oxygen atoms in total. The average Bonchev–Trinajstić information content (AvgIpc) is 3.80. The van der Waals surface area contributed by atoms with Crippen LogP contribution in [0.3, 0.4) is 0 Å². The lowest BCUT2D eigenvalue weighted by Crippen LogP contribution is -2.34. The predicted octanol–water partition coefficient (Wildman–Crippen LogP) is 2.93. The van der Waals surface area contributed by atoms with Crippen LogP contribution in [0.15, 0.2) is 67.0 Å². The van der Waals surface area contributed by atoms with Crippen LogP contribution < -0.4 is 10.2 Å². The number of fused-ring (bicyclic) bond motifs is 1. The first-order chi connectivity index (χ1) is 23.0. The third kappa shape index (κ3) is 7.68. The van der Waals surface area contributed by atoms with Crippen LogP contribution >= 0.6 is 0 Å². The normalized spacial score (nSPS) is 22.6. The van der Waals surface area contributed by atoms with E-state index < -0.39 is 43.3 Å². The second-order valence-corrected chi connectivity index (χ2v) is 11.4. The van der Waals surface area contributed by atoms with Crippen LogP contribution in [0.1, 0.15) is 36.1 Å². The van der Waals surface area contributed by atoms with E-state index >= 15 is 0 Å². The molecule has 4 heterocycles. The highest BCUT2D eigenvalue weighted by Crippen LogP contribution is 2.35. The molecule has 0 saturated carbocycles. The van der Waals surface area contributed by atoms with Crippen molar-refractivity contribution in [2.24, 2.45) is 0 Å². The van der Waals surface area contributed by atoms with Crippen molar-refractivity contribution in [2.75, 3.05) is 43.6 Å². The summed E-state index contributed by atoms with van der Waals surface area (Å²) in [7, 11) is 1.69. The van der Waals surface area contributed by atoms with Gasteiger partial charge in [-0.2, -0.15) is 23.1 Å². The molecule has 16 heteroatoms. The molecule has 0 unspecified atom stereocenters. The quantitative estimate of drug-likeness (QED) is 0.167. The summed E-state index contributed by atoms with van der Waals surface area (Å²) in [6, 6.07) is 20.8. The summed E-state index contributed by atoms with van der Waals surface area (Å²) >= 11 is 0. The molecule has 0 bridgehead atoms. The van der Waals surface area contributed by atoms with Crippen molar-refractivity contribution in [1.29, 1.82) is 0 Å². The van der Waals surface area contributed by atoms with Crippen LogP contribution in [0.2, 0.25) is 0 Å². The fraction of sp³-hybridized carbons (Fsp3) is 0.438. The molecule has 2 fully saturated rings. The molecule has 4 aromatic rings. The number of alkyl halides is 3. The first kappa shape index (κ1) is 35.0. The third-order valence-corrected chi connectivity index (χ3v) is 8.31. The smallest absolute Gasteiger partial charge is 0.475 e.